The molecular formula is C32H49NO18. The van der Waals surface area contributed by atoms with Crippen LogP contribution in [0, 0.1) is 0 Å². The molecule has 19 unspecified atom stereocenters. The van der Waals surface area contributed by atoms with E-state index in [4.69, 9.17) is 28.4 Å². The van der Waals surface area contributed by atoms with Gasteiger partial charge in [-0.1, -0.05) is 13.0 Å². The fourth-order valence-corrected chi connectivity index (χ4v) is 6.74. The third-order valence-corrected chi connectivity index (χ3v) is 9.77. The second-order valence-corrected chi connectivity index (χ2v) is 13.2. The van der Waals surface area contributed by atoms with Crippen LogP contribution >= 0.6 is 0 Å². The van der Waals surface area contributed by atoms with Crippen LogP contribution in [0.5, 0.6) is 11.5 Å². The third kappa shape index (κ3) is 8.35. The quantitative estimate of drug-likeness (QED) is 0.0944. The Morgan fingerprint density at radius 2 is 1.16 bits per heavy atom. The summed E-state index contributed by atoms with van der Waals surface area (Å²) in [5.41, 5.74) is 0.463. The molecule has 0 amide bonds. The first kappa shape index (κ1) is 40.1. The van der Waals surface area contributed by atoms with Gasteiger partial charge in [0, 0.05) is 0 Å². The van der Waals surface area contributed by atoms with E-state index in [-0.39, 0.29) is 11.5 Å². The molecule has 3 saturated heterocycles. The normalized spacial score (nSPS) is 46.4. The molecule has 290 valence electrons. The van der Waals surface area contributed by atoms with Gasteiger partial charge in [0.25, 0.3) is 0 Å². The first-order valence-corrected chi connectivity index (χ1v) is 16.7. The molecule has 0 bridgehead atoms. The van der Waals surface area contributed by atoms with Crippen LogP contribution in [0.15, 0.2) is 35.9 Å². The van der Waals surface area contributed by atoms with E-state index in [1.54, 1.807) is 6.92 Å². The van der Waals surface area contributed by atoms with Gasteiger partial charge in [-0.3, -0.25) is 0 Å². The average molecular weight is 736 g/mol. The lowest BCUT2D eigenvalue weighted by Gasteiger charge is -2.48. The lowest BCUT2D eigenvalue weighted by molar-refractivity contribution is -0.372. The summed E-state index contributed by atoms with van der Waals surface area (Å²) in [6.07, 6.45) is -24.8. The number of phenols is 1. The van der Waals surface area contributed by atoms with Crippen LogP contribution in [0.25, 0.3) is 0 Å². The van der Waals surface area contributed by atoms with Gasteiger partial charge >= 0.3 is 0 Å². The monoisotopic (exact) mass is 735 g/mol. The maximum absolute atomic E-state index is 11.1. The standard InChI is InChI=1S/C32H49NO18/c1-3-12-8-15(20(38)22(40)19(12)37)33-18-11(2)46-30(25(43)21(18)39)50-28-17(10-35)49-32(27(45)24(28)42)51-29-16(9-34)48-31(26(44)23(29)41)47-14-6-4-13(36)5-7-14/h4-8,11,15-45H,3,9-10H2,1-2H3. The highest BCUT2D eigenvalue weighted by molar-refractivity contribution is 5.30. The largest absolute Gasteiger partial charge is 0.508 e. The minimum Gasteiger partial charge on any atom is -0.508 e. The number of aliphatic hydroxyl groups is 11. The average Bonchev–Trinajstić information content (AvgIpc) is 3.12. The van der Waals surface area contributed by atoms with Crippen molar-refractivity contribution in [3.05, 3.63) is 35.9 Å². The zero-order valence-electron chi connectivity index (χ0n) is 27.8. The molecule has 13 N–H and O–H groups in total. The summed E-state index contributed by atoms with van der Waals surface area (Å²) in [6.45, 7) is 1.70. The number of nitrogens with one attached hydrogen (secondary N) is 1. The van der Waals surface area contributed by atoms with Crippen molar-refractivity contribution in [2.75, 3.05) is 13.2 Å². The Labute approximate surface area is 292 Å². The highest BCUT2D eigenvalue weighted by atomic mass is 16.8. The van der Waals surface area contributed by atoms with Gasteiger partial charge in [-0.2, -0.15) is 0 Å². The maximum Gasteiger partial charge on any atom is 0.229 e. The molecule has 0 saturated carbocycles. The van der Waals surface area contributed by atoms with Gasteiger partial charge in [0.05, 0.1) is 31.4 Å². The van der Waals surface area contributed by atoms with E-state index < -0.39 is 130 Å². The Balaban J connectivity index is 1.22. The predicted octanol–water partition coefficient (Wildman–Crippen LogP) is -5.35. The van der Waals surface area contributed by atoms with E-state index in [1.165, 1.54) is 37.3 Å². The Morgan fingerprint density at radius 1 is 0.647 bits per heavy atom. The minimum atomic E-state index is -1.93. The molecule has 19 heteroatoms. The van der Waals surface area contributed by atoms with E-state index in [1.807, 2.05) is 0 Å². The van der Waals surface area contributed by atoms with Gasteiger partial charge in [0.1, 0.15) is 90.9 Å². The van der Waals surface area contributed by atoms with Crippen molar-refractivity contribution < 1.29 is 89.7 Å². The molecule has 1 aromatic rings. The van der Waals surface area contributed by atoms with E-state index in [2.05, 4.69) is 5.32 Å². The fourth-order valence-electron chi connectivity index (χ4n) is 6.74. The zero-order valence-corrected chi connectivity index (χ0v) is 27.8. The van der Waals surface area contributed by atoms with Crippen molar-refractivity contribution in [2.45, 2.75) is 137 Å². The number of hydrogen-bond donors (Lipinski definition) is 13. The number of phenolic OH excluding ortho intramolecular Hbond substituents is 1. The smallest absolute Gasteiger partial charge is 0.229 e. The summed E-state index contributed by atoms with van der Waals surface area (Å²) in [6, 6.07) is 3.45. The number of benzene rings is 1. The first-order chi connectivity index (χ1) is 24.2. The number of ether oxygens (including phenoxy) is 6. The van der Waals surface area contributed by atoms with Crippen molar-refractivity contribution in [1.29, 1.82) is 0 Å². The summed E-state index contributed by atoms with van der Waals surface area (Å²) in [5, 5.41) is 129. The number of hydrogen-bond acceptors (Lipinski definition) is 19. The topological polar surface area (TPSA) is 310 Å². The number of aliphatic hydroxyl groups excluding tert-OH is 11. The second-order valence-electron chi connectivity index (χ2n) is 13.2. The van der Waals surface area contributed by atoms with Crippen LogP contribution in [-0.2, 0) is 23.7 Å². The van der Waals surface area contributed by atoms with Crippen LogP contribution in [0.4, 0.5) is 0 Å². The van der Waals surface area contributed by atoms with E-state index in [0.29, 0.717) is 12.0 Å². The molecule has 4 aliphatic rings. The Bertz CT molecular complexity index is 1290. The summed E-state index contributed by atoms with van der Waals surface area (Å²) >= 11 is 0. The van der Waals surface area contributed by atoms with Crippen LogP contribution in [-0.4, -0.2) is 191 Å². The fraction of sp³-hybridized carbons (Fsp3) is 0.750. The molecule has 19 nitrogen and oxygen atoms in total. The molecular weight excluding hydrogens is 686 g/mol. The zero-order chi connectivity index (χ0) is 37.3. The molecule has 0 radical (unpaired) electrons. The molecule has 19 atom stereocenters. The van der Waals surface area contributed by atoms with Crippen molar-refractivity contribution in [1.82, 2.24) is 5.32 Å². The predicted molar refractivity (Wildman–Crippen MR) is 167 cm³/mol. The van der Waals surface area contributed by atoms with Crippen LogP contribution in [0.3, 0.4) is 0 Å². The van der Waals surface area contributed by atoms with Crippen molar-refractivity contribution in [2.24, 2.45) is 0 Å². The Morgan fingerprint density at radius 3 is 1.71 bits per heavy atom. The van der Waals surface area contributed by atoms with Gasteiger partial charge in [0.2, 0.25) is 6.29 Å². The lowest BCUT2D eigenvalue weighted by Crippen LogP contribution is -2.68. The van der Waals surface area contributed by atoms with Gasteiger partial charge in [-0.25, -0.2) is 0 Å². The van der Waals surface area contributed by atoms with Gasteiger partial charge in [-0.05, 0) is 43.2 Å². The number of rotatable bonds is 11. The molecule has 0 spiro atoms. The summed E-state index contributed by atoms with van der Waals surface area (Å²) < 4.78 is 34.1. The summed E-state index contributed by atoms with van der Waals surface area (Å²) in [5.74, 6) is 0.120. The molecule has 51 heavy (non-hydrogen) atoms. The Hall–Kier alpha value is -2.12. The van der Waals surface area contributed by atoms with E-state index >= 15 is 0 Å². The van der Waals surface area contributed by atoms with Crippen LogP contribution in [0.2, 0.25) is 0 Å². The van der Waals surface area contributed by atoms with E-state index in [0.717, 1.165) is 0 Å². The van der Waals surface area contributed by atoms with Crippen molar-refractivity contribution >= 4 is 0 Å². The van der Waals surface area contributed by atoms with Gasteiger partial charge in [-0.15, -0.1) is 0 Å². The molecule has 3 aliphatic heterocycles. The molecule has 5 rings (SSSR count). The van der Waals surface area contributed by atoms with Gasteiger partial charge < -0.3 is 95.0 Å². The summed E-state index contributed by atoms with van der Waals surface area (Å²) in [4.78, 5) is 0. The summed E-state index contributed by atoms with van der Waals surface area (Å²) in [7, 11) is 0. The van der Waals surface area contributed by atoms with E-state index in [9.17, 15) is 61.3 Å². The van der Waals surface area contributed by atoms with Crippen LogP contribution in [0.1, 0.15) is 20.3 Å². The minimum absolute atomic E-state index is 0.0449. The molecule has 1 aliphatic carbocycles. The SMILES string of the molecule is CCC1=CC(NC2C(C)OC(OC3C(CO)OC(OC4C(CO)OC(Oc5ccc(O)cc5)C(O)C4O)C(O)C3O)C(O)C2O)C(O)C(O)C1O. The molecule has 3 heterocycles. The third-order valence-electron chi connectivity index (χ3n) is 9.77. The number of aromatic hydroxyl groups is 1. The Kier molecular flexibility index (Phi) is 13.3. The maximum atomic E-state index is 11.1. The van der Waals surface area contributed by atoms with Crippen LogP contribution < -0.4 is 10.1 Å². The highest BCUT2D eigenvalue weighted by Gasteiger charge is 2.54. The first-order valence-electron chi connectivity index (χ1n) is 16.7. The molecule has 0 aromatic heterocycles. The molecule has 3 fully saturated rings. The van der Waals surface area contributed by atoms with Crippen molar-refractivity contribution in [3.8, 4) is 11.5 Å². The highest BCUT2D eigenvalue weighted by Crippen LogP contribution is 2.34. The van der Waals surface area contributed by atoms with Gasteiger partial charge in [0.15, 0.2) is 12.6 Å². The molecule has 1 aromatic carbocycles. The second kappa shape index (κ2) is 16.9. The lowest BCUT2D eigenvalue weighted by atomic mass is 9.85. The van der Waals surface area contributed by atoms with Crippen molar-refractivity contribution in [3.63, 3.8) is 0 Å².